The van der Waals surface area contributed by atoms with Gasteiger partial charge in [0.25, 0.3) is 0 Å². The summed E-state index contributed by atoms with van der Waals surface area (Å²) in [6.45, 7) is 2.03. The van der Waals surface area contributed by atoms with Crippen LogP contribution in [0.25, 0.3) is 11.1 Å². The van der Waals surface area contributed by atoms with Gasteiger partial charge in [-0.3, -0.25) is 4.98 Å². The van der Waals surface area contributed by atoms with Crippen molar-refractivity contribution in [2.24, 2.45) is 5.73 Å². The van der Waals surface area contributed by atoms with Crippen LogP contribution in [0.15, 0.2) is 36.5 Å². The van der Waals surface area contributed by atoms with Crippen LogP contribution >= 0.6 is 0 Å². The molecule has 1 unspecified atom stereocenters. The zero-order chi connectivity index (χ0) is 11.8. The molecule has 2 N–H and O–H groups in total. The largest absolute Gasteiger partial charge is 0.324 e. The van der Waals surface area contributed by atoms with Gasteiger partial charge in [-0.05, 0) is 54.2 Å². The lowest BCUT2D eigenvalue weighted by Crippen LogP contribution is -2.04. The lowest BCUT2D eigenvalue weighted by molar-refractivity contribution is 0.713. The van der Waals surface area contributed by atoms with Gasteiger partial charge in [-0.25, -0.2) is 0 Å². The Morgan fingerprint density at radius 1 is 1.29 bits per heavy atom. The van der Waals surface area contributed by atoms with E-state index in [2.05, 4.69) is 35.3 Å². The highest BCUT2D eigenvalue weighted by molar-refractivity contribution is 5.70. The summed E-state index contributed by atoms with van der Waals surface area (Å²) in [6.07, 6.45) is 4.03. The number of aryl methyl sites for hydroxylation is 1. The number of pyridine rings is 1. The third-order valence-corrected chi connectivity index (χ3v) is 3.52. The topological polar surface area (TPSA) is 38.9 Å². The lowest BCUT2D eigenvalue weighted by atomic mass is 9.97. The Hall–Kier alpha value is -1.67. The molecule has 1 aromatic heterocycles. The van der Waals surface area contributed by atoms with Crippen molar-refractivity contribution in [3.8, 4) is 11.1 Å². The molecule has 2 nitrogen and oxygen atoms in total. The lowest BCUT2D eigenvalue weighted by Gasteiger charge is -2.10. The van der Waals surface area contributed by atoms with E-state index < -0.39 is 0 Å². The molecule has 2 aromatic rings. The molecule has 0 amide bonds. The fraction of sp³-hybridized carbons (Fsp3) is 0.267. The quantitative estimate of drug-likeness (QED) is 0.808. The minimum absolute atomic E-state index is 0.216. The summed E-state index contributed by atoms with van der Waals surface area (Å²) >= 11 is 0. The van der Waals surface area contributed by atoms with Crippen LogP contribution in [-0.2, 0) is 6.42 Å². The Labute approximate surface area is 102 Å². The molecule has 0 spiro atoms. The van der Waals surface area contributed by atoms with Crippen LogP contribution in [0.1, 0.15) is 29.3 Å². The minimum atomic E-state index is 0.216. The molecular weight excluding hydrogens is 208 g/mol. The third kappa shape index (κ3) is 1.75. The maximum Gasteiger partial charge on any atom is 0.0378 e. The number of hydrogen-bond acceptors (Lipinski definition) is 2. The van der Waals surface area contributed by atoms with E-state index >= 15 is 0 Å². The molecule has 3 rings (SSSR count). The van der Waals surface area contributed by atoms with E-state index in [1.165, 1.54) is 22.3 Å². The maximum atomic E-state index is 6.11. The maximum absolute atomic E-state index is 6.11. The monoisotopic (exact) mass is 224 g/mol. The zero-order valence-electron chi connectivity index (χ0n) is 9.98. The zero-order valence-corrected chi connectivity index (χ0v) is 9.98. The molecule has 0 radical (unpaired) electrons. The van der Waals surface area contributed by atoms with E-state index in [0.717, 1.165) is 18.5 Å². The van der Waals surface area contributed by atoms with Gasteiger partial charge in [-0.2, -0.15) is 0 Å². The van der Waals surface area contributed by atoms with Gasteiger partial charge in [0.05, 0.1) is 0 Å². The van der Waals surface area contributed by atoms with Crippen LogP contribution < -0.4 is 5.73 Å². The summed E-state index contributed by atoms with van der Waals surface area (Å²) in [7, 11) is 0. The molecule has 86 valence electrons. The molecule has 0 bridgehead atoms. The van der Waals surface area contributed by atoms with Crippen molar-refractivity contribution in [3.63, 3.8) is 0 Å². The number of nitrogens with two attached hydrogens (primary N) is 1. The summed E-state index contributed by atoms with van der Waals surface area (Å²) in [5.74, 6) is 0. The molecule has 1 aliphatic carbocycles. The first-order valence-corrected chi connectivity index (χ1v) is 6.06. The molecule has 17 heavy (non-hydrogen) atoms. The van der Waals surface area contributed by atoms with Gasteiger partial charge in [-0.15, -0.1) is 0 Å². The summed E-state index contributed by atoms with van der Waals surface area (Å²) < 4.78 is 0. The predicted molar refractivity (Wildman–Crippen MR) is 69.7 cm³/mol. The molecule has 0 saturated carbocycles. The molecule has 0 aliphatic heterocycles. The van der Waals surface area contributed by atoms with Gasteiger partial charge in [-0.1, -0.05) is 18.2 Å². The van der Waals surface area contributed by atoms with Gasteiger partial charge < -0.3 is 5.73 Å². The van der Waals surface area contributed by atoms with Crippen molar-refractivity contribution in [1.29, 1.82) is 0 Å². The van der Waals surface area contributed by atoms with Gasteiger partial charge in [0.1, 0.15) is 0 Å². The molecule has 1 heterocycles. The van der Waals surface area contributed by atoms with Crippen LogP contribution in [0.3, 0.4) is 0 Å². The third-order valence-electron chi connectivity index (χ3n) is 3.52. The molecule has 2 heteroatoms. The van der Waals surface area contributed by atoms with E-state index in [-0.39, 0.29) is 6.04 Å². The predicted octanol–water partition coefficient (Wildman–Crippen LogP) is 3.00. The fourth-order valence-electron chi connectivity index (χ4n) is 2.67. The van der Waals surface area contributed by atoms with Gasteiger partial charge >= 0.3 is 0 Å². The van der Waals surface area contributed by atoms with Crippen molar-refractivity contribution >= 4 is 0 Å². The standard InChI is InChI=1S/C15H16N2/c1-10-9-11(7-8-17-10)12-3-2-4-14-13(12)5-6-15(14)16/h2-4,7-9,15H,5-6,16H2,1H3. The van der Waals surface area contributed by atoms with Gasteiger partial charge in [0, 0.05) is 17.9 Å². The number of aromatic nitrogens is 1. The highest BCUT2D eigenvalue weighted by Gasteiger charge is 2.21. The highest BCUT2D eigenvalue weighted by Crippen LogP contribution is 2.36. The average molecular weight is 224 g/mol. The van der Waals surface area contributed by atoms with Crippen LogP contribution in [0.2, 0.25) is 0 Å². The molecular formula is C15H16N2. The first-order valence-electron chi connectivity index (χ1n) is 6.06. The van der Waals surface area contributed by atoms with E-state index in [9.17, 15) is 0 Å². The first-order chi connectivity index (χ1) is 8.25. The highest BCUT2D eigenvalue weighted by atomic mass is 14.7. The van der Waals surface area contributed by atoms with Gasteiger partial charge in [0.2, 0.25) is 0 Å². The van der Waals surface area contributed by atoms with Crippen LogP contribution in [-0.4, -0.2) is 4.98 Å². The van der Waals surface area contributed by atoms with Crippen molar-refractivity contribution in [3.05, 3.63) is 53.3 Å². The second kappa shape index (κ2) is 3.97. The number of benzene rings is 1. The normalized spacial score (nSPS) is 18.1. The molecule has 1 aliphatic rings. The molecule has 0 saturated heterocycles. The van der Waals surface area contributed by atoms with Crippen LogP contribution in [0.5, 0.6) is 0 Å². The summed E-state index contributed by atoms with van der Waals surface area (Å²) in [5.41, 5.74) is 12.5. The second-order valence-corrected chi connectivity index (χ2v) is 4.70. The Kier molecular flexibility index (Phi) is 2.45. The molecule has 0 fully saturated rings. The fourth-order valence-corrected chi connectivity index (χ4v) is 2.67. The molecule has 1 aromatic carbocycles. The second-order valence-electron chi connectivity index (χ2n) is 4.70. The summed E-state index contributed by atoms with van der Waals surface area (Å²) in [4.78, 5) is 4.25. The smallest absolute Gasteiger partial charge is 0.0378 e. The number of fused-ring (bicyclic) bond motifs is 1. The molecule has 1 atom stereocenters. The van der Waals surface area contributed by atoms with Crippen molar-refractivity contribution in [1.82, 2.24) is 4.98 Å². The minimum Gasteiger partial charge on any atom is -0.324 e. The Morgan fingerprint density at radius 3 is 3.00 bits per heavy atom. The van der Waals surface area contributed by atoms with E-state index in [4.69, 9.17) is 5.73 Å². The van der Waals surface area contributed by atoms with E-state index in [1.807, 2.05) is 13.1 Å². The van der Waals surface area contributed by atoms with Crippen molar-refractivity contribution in [2.45, 2.75) is 25.8 Å². The van der Waals surface area contributed by atoms with Crippen LogP contribution in [0, 0.1) is 6.92 Å². The Bertz CT molecular complexity index is 561. The number of rotatable bonds is 1. The summed E-state index contributed by atoms with van der Waals surface area (Å²) in [6, 6.07) is 10.9. The van der Waals surface area contributed by atoms with E-state index in [1.54, 1.807) is 0 Å². The Morgan fingerprint density at radius 2 is 2.18 bits per heavy atom. The number of hydrogen-bond donors (Lipinski definition) is 1. The van der Waals surface area contributed by atoms with Crippen LogP contribution in [0.4, 0.5) is 0 Å². The average Bonchev–Trinajstić information content (AvgIpc) is 2.71. The summed E-state index contributed by atoms with van der Waals surface area (Å²) in [5, 5.41) is 0. The van der Waals surface area contributed by atoms with Crippen molar-refractivity contribution < 1.29 is 0 Å². The SMILES string of the molecule is Cc1cc(-c2cccc3c2CCC3N)ccn1. The number of nitrogens with zero attached hydrogens (tertiary/aromatic N) is 1. The van der Waals surface area contributed by atoms with Gasteiger partial charge in [0.15, 0.2) is 0 Å². The van der Waals surface area contributed by atoms with E-state index in [0.29, 0.717) is 0 Å². The first kappa shape index (κ1) is 10.5. The van der Waals surface area contributed by atoms with Crippen molar-refractivity contribution in [2.75, 3.05) is 0 Å². The Balaban J connectivity index is 2.17.